The Morgan fingerprint density at radius 2 is 2.25 bits per heavy atom. The lowest BCUT2D eigenvalue weighted by molar-refractivity contribution is 0.249. The lowest BCUT2D eigenvalue weighted by Gasteiger charge is -2.37. The Hall–Kier alpha value is -1.02. The molecule has 4 heteroatoms. The normalized spacial score (nSPS) is 18.4. The van der Waals surface area contributed by atoms with Crippen LogP contribution in [0.4, 0.5) is 4.39 Å². The fourth-order valence-electron chi connectivity index (χ4n) is 2.38. The lowest BCUT2D eigenvalue weighted by Crippen LogP contribution is -2.42. The van der Waals surface area contributed by atoms with E-state index in [2.05, 4.69) is 30.6 Å². The van der Waals surface area contributed by atoms with Crippen molar-refractivity contribution < 1.29 is 9.50 Å². The maximum atomic E-state index is 14.1. The van der Waals surface area contributed by atoms with Crippen LogP contribution in [0, 0.1) is 17.7 Å². The van der Waals surface area contributed by atoms with E-state index < -0.39 is 0 Å². The van der Waals surface area contributed by atoms with Gasteiger partial charge in [-0.25, -0.2) is 4.39 Å². The largest absolute Gasteiger partial charge is 0.384 e. The monoisotopic (exact) mass is 293 g/mol. The second kappa shape index (κ2) is 6.62. The summed E-state index contributed by atoms with van der Waals surface area (Å²) in [6.07, 6.45) is 0. The summed E-state index contributed by atoms with van der Waals surface area (Å²) in [4.78, 5) is 2.30. The average molecular weight is 293 g/mol. The Balaban J connectivity index is 2.06. The number of hydrogen-bond donors (Lipinski definition) is 1. The van der Waals surface area contributed by atoms with E-state index in [0.717, 1.165) is 18.8 Å². The molecule has 2 rings (SSSR count). The van der Waals surface area contributed by atoms with Crippen LogP contribution < -0.4 is 0 Å². The molecule has 1 fully saturated rings. The molecule has 1 N–H and O–H groups in total. The van der Waals surface area contributed by atoms with Gasteiger partial charge in [0, 0.05) is 41.3 Å². The maximum absolute atomic E-state index is 14.1. The summed E-state index contributed by atoms with van der Waals surface area (Å²) in [5.41, 5.74) is 1.32. The predicted molar refractivity (Wildman–Crippen MR) is 82.2 cm³/mol. The van der Waals surface area contributed by atoms with E-state index in [1.54, 1.807) is 6.07 Å². The molecule has 0 aromatic heterocycles. The number of thioether (sulfide) groups is 1. The number of benzene rings is 1. The summed E-state index contributed by atoms with van der Waals surface area (Å²) in [6, 6.07) is 5.05. The molecule has 2 nitrogen and oxygen atoms in total. The third-order valence-electron chi connectivity index (χ3n) is 3.26. The Bertz CT molecular complexity index is 533. The van der Waals surface area contributed by atoms with Gasteiger partial charge in [-0.1, -0.05) is 17.9 Å². The molecule has 0 bridgehead atoms. The Kier molecular flexibility index (Phi) is 5.09. The highest BCUT2D eigenvalue weighted by Crippen LogP contribution is 2.30. The lowest BCUT2D eigenvalue weighted by atomic mass is 10.1. The Morgan fingerprint density at radius 3 is 2.90 bits per heavy atom. The zero-order valence-electron chi connectivity index (χ0n) is 11.9. The molecule has 1 saturated heterocycles. The molecular weight excluding hydrogens is 273 g/mol. The number of halogens is 1. The van der Waals surface area contributed by atoms with Gasteiger partial charge in [-0.15, -0.1) is 0 Å². The van der Waals surface area contributed by atoms with Crippen LogP contribution in [0.3, 0.4) is 0 Å². The average Bonchev–Trinajstić information content (AvgIpc) is 2.38. The van der Waals surface area contributed by atoms with E-state index >= 15 is 0 Å². The number of aliphatic hydroxyl groups excluding tert-OH is 1. The van der Waals surface area contributed by atoms with Crippen molar-refractivity contribution in [3.05, 3.63) is 35.1 Å². The molecule has 1 aromatic carbocycles. The van der Waals surface area contributed by atoms with Crippen LogP contribution in [0.2, 0.25) is 0 Å². The third kappa shape index (κ3) is 4.24. The first-order chi connectivity index (χ1) is 9.50. The van der Waals surface area contributed by atoms with Crippen LogP contribution in [0.15, 0.2) is 18.2 Å². The standard InChI is InChI=1S/C16H20FNOS/c1-16(2)12-18(7-9-20-16)11-14-6-5-13(4-3-8-19)10-15(14)17/h5-6,10,19H,7-9,11-12H2,1-2H3. The zero-order chi connectivity index (χ0) is 14.6. The Morgan fingerprint density at radius 1 is 1.45 bits per heavy atom. The minimum Gasteiger partial charge on any atom is -0.384 e. The van der Waals surface area contributed by atoms with E-state index in [4.69, 9.17) is 5.11 Å². The second-order valence-corrected chi connectivity index (χ2v) is 7.39. The van der Waals surface area contributed by atoms with E-state index in [1.165, 1.54) is 6.07 Å². The van der Waals surface area contributed by atoms with E-state index in [1.807, 2.05) is 17.8 Å². The zero-order valence-corrected chi connectivity index (χ0v) is 12.8. The molecule has 0 amide bonds. The summed E-state index contributed by atoms with van der Waals surface area (Å²) >= 11 is 1.97. The van der Waals surface area contributed by atoms with Crippen LogP contribution in [-0.4, -0.2) is 40.2 Å². The maximum Gasteiger partial charge on any atom is 0.128 e. The molecule has 0 aliphatic carbocycles. The van der Waals surface area contributed by atoms with E-state index in [9.17, 15) is 4.39 Å². The van der Waals surface area contributed by atoms with Gasteiger partial charge in [0.05, 0.1) is 0 Å². The molecule has 1 aliphatic rings. The van der Waals surface area contributed by atoms with Crippen molar-refractivity contribution >= 4 is 11.8 Å². The van der Waals surface area contributed by atoms with Gasteiger partial charge in [0.1, 0.15) is 12.4 Å². The summed E-state index contributed by atoms with van der Waals surface area (Å²) in [7, 11) is 0. The fraction of sp³-hybridized carbons (Fsp3) is 0.500. The first-order valence-corrected chi connectivity index (χ1v) is 7.73. The molecule has 108 valence electrons. The van der Waals surface area contributed by atoms with Gasteiger partial charge in [0.25, 0.3) is 0 Å². The molecule has 0 saturated carbocycles. The number of hydrogen-bond acceptors (Lipinski definition) is 3. The van der Waals surface area contributed by atoms with Gasteiger partial charge in [-0.3, -0.25) is 4.90 Å². The number of nitrogens with zero attached hydrogens (tertiary/aromatic N) is 1. The molecule has 0 radical (unpaired) electrons. The summed E-state index contributed by atoms with van der Waals surface area (Å²) in [5.74, 6) is 6.13. The highest BCUT2D eigenvalue weighted by Gasteiger charge is 2.27. The predicted octanol–water partition coefficient (Wildman–Crippen LogP) is 2.50. The summed E-state index contributed by atoms with van der Waals surface area (Å²) in [6.45, 7) is 6.87. The minimum atomic E-state index is -0.217. The minimum absolute atomic E-state index is 0.204. The van der Waals surface area contributed by atoms with Crippen LogP contribution in [0.1, 0.15) is 25.0 Å². The van der Waals surface area contributed by atoms with Crippen molar-refractivity contribution in [2.45, 2.75) is 25.1 Å². The molecule has 1 heterocycles. The van der Waals surface area contributed by atoms with Crippen molar-refractivity contribution in [2.24, 2.45) is 0 Å². The SMILES string of the molecule is CC1(C)CN(Cc2ccc(C#CCO)cc2F)CCS1. The molecule has 1 aliphatic heterocycles. The van der Waals surface area contributed by atoms with Gasteiger partial charge < -0.3 is 5.11 Å². The van der Waals surface area contributed by atoms with Gasteiger partial charge in [0.15, 0.2) is 0 Å². The van der Waals surface area contributed by atoms with Crippen LogP contribution in [-0.2, 0) is 6.54 Å². The molecule has 0 spiro atoms. The number of aliphatic hydroxyl groups is 1. The van der Waals surface area contributed by atoms with Crippen molar-refractivity contribution in [1.82, 2.24) is 4.90 Å². The molecular formula is C16H20FNOS. The molecule has 0 unspecified atom stereocenters. The van der Waals surface area contributed by atoms with Crippen LogP contribution in [0.25, 0.3) is 0 Å². The number of rotatable bonds is 2. The highest BCUT2D eigenvalue weighted by atomic mass is 32.2. The van der Waals surface area contributed by atoms with E-state index in [0.29, 0.717) is 17.7 Å². The Labute approximate surface area is 124 Å². The van der Waals surface area contributed by atoms with Gasteiger partial charge in [0.2, 0.25) is 0 Å². The van der Waals surface area contributed by atoms with Crippen molar-refractivity contribution in [2.75, 3.05) is 25.4 Å². The molecule has 20 heavy (non-hydrogen) atoms. The van der Waals surface area contributed by atoms with Crippen molar-refractivity contribution in [3.63, 3.8) is 0 Å². The summed E-state index contributed by atoms with van der Waals surface area (Å²) < 4.78 is 14.3. The highest BCUT2D eigenvalue weighted by molar-refractivity contribution is 8.00. The topological polar surface area (TPSA) is 23.5 Å². The van der Waals surface area contributed by atoms with Crippen molar-refractivity contribution in [3.8, 4) is 11.8 Å². The first kappa shape index (κ1) is 15.4. The fourth-order valence-corrected chi connectivity index (χ4v) is 3.56. The third-order valence-corrected chi connectivity index (χ3v) is 4.56. The van der Waals surface area contributed by atoms with E-state index in [-0.39, 0.29) is 17.2 Å². The van der Waals surface area contributed by atoms with Crippen molar-refractivity contribution in [1.29, 1.82) is 0 Å². The summed E-state index contributed by atoms with van der Waals surface area (Å²) in [5, 5.41) is 8.64. The van der Waals surface area contributed by atoms with Gasteiger partial charge in [-0.2, -0.15) is 11.8 Å². The van der Waals surface area contributed by atoms with Gasteiger partial charge in [-0.05, 0) is 26.0 Å². The van der Waals surface area contributed by atoms with Crippen LogP contribution in [0.5, 0.6) is 0 Å². The van der Waals surface area contributed by atoms with Gasteiger partial charge >= 0.3 is 0 Å². The molecule has 0 atom stereocenters. The first-order valence-electron chi connectivity index (χ1n) is 6.75. The molecule has 1 aromatic rings. The smallest absolute Gasteiger partial charge is 0.128 e. The second-order valence-electron chi connectivity index (χ2n) is 5.58. The quantitative estimate of drug-likeness (QED) is 0.848. The van der Waals surface area contributed by atoms with Crippen LogP contribution >= 0.6 is 11.8 Å².